The third-order valence-corrected chi connectivity index (χ3v) is 2.73. The molecule has 4 nitrogen and oxygen atoms in total. The smallest absolute Gasteiger partial charge is 0.422 e. The lowest BCUT2D eigenvalue weighted by molar-refractivity contribution is 0.0497. The third kappa shape index (κ3) is 5.71. The monoisotopic (exact) mass is 334 g/mol. The Morgan fingerprint density at radius 1 is 1.44 bits per heavy atom. The molecule has 0 saturated heterocycles. The molecule has 0 fully saturated rings. The Bertz CT molecular complexity index is 433. The van der Waals surface area contributed by atoms with Gasteiger partial charge in [-0.05, 0) is 38.5 Å². The molecule has 18 heavy (non-hydrogen) atoms. The first kappa shape index (κ1) is 15.3. The van der Waals surface area contributed by atoms with E-state index < -0.39 is 11.7 Å². The van der Waals surface area contributed by atoms with Gasteiger partial charge >= 0.3 is 6.09 Å². The highest BCUT2D eigenvalue weighted by Gasteiger charge is 2.15. The molecule has 0 aliphatic rings. The maximum absolute atomic E-state index is 11.4. The van der Waals surface area contributed by atoms with Crippen molar-refractivity contribution < 1.29 is 9.53 Å². The summed E-state index contributed by atoms with van der Waals surface area (Å²) in [7, 11) is 0. The SMILES string of the molecule is CC(C)(C)OC(=O)NNCc1ccc(Br)cc1Cl. The van der Waals surface area contributed by atoms with E-state index in [1.807, 2.05) is 12.1 Å². The fraction of sp³-hybridized carbons (Fsp3) is 0.417. The Balaban J connectivity index is 2.40. The number of halogens is 2. The van der Waals surface area contributed by atoms with Crippen molar-refractivity contribution in [2.75, 3.05) is 0 Å². The number of nitrogens with one attached hydrogen (secondary N) is 2. The van der Waals surface area contributed by atoms with Crippen LogP contribution in [-0.4, -0.2) is 11.7 Å². The molecule has 0 aromatic heterocycles. The highest BCUT2D eigenvalue weighted by atomic mass is 79.9. The van der Waals surface area contributed by atoms with E-state index in [1.54, 1.807) is 26.8 Å². The Labute approximate surface area is 120 Å². The second kappa shape index (κ2) is 6.41. The highest BCUT2D eigenvalue weighted by Crippen LogP contribution is 2.20. The van der Waals surface area contributed by atoms with Crippen molar-refractivity contribution in [2.24, 2.45) is 0 Å². The zero-order chi connectivity index (χ0) is 13.8. The largest absolute Gasteiger partial charge is 0.443 e. The van der Waals surface area contributed by atoms with Crippen LogP contribution in [0.2, 0.25) is 5.02 Å². The summed E-state index contributed by atoms with van der Waals surface area (Å²) in [5, 5.41) is 0.628. The molecule has 0 aliphatic heterocycles. The van der Waals surface area contributed by atoms with Crippen LogP contribution in [0.3, 0.4) is 0 Å². The van der Waals surface area contributed by atoms with Crippen LogP contribution < -0.4 is 10.9 Å². The molecular weight excluding hydrogens is 320 g/mol. The molecule has 0 bridgehead atoms. The molecule has 1 aromatic rings. The summed E-state index contributed by atoms with van der Waals surface area (Å²) in [6.45, 7) is 5.83. The van der Waals surface area contributed by atoms with Gasteiger partial charge in [-0.15, -0.1) is 0 Å². The lowest BCUT2D eigenvalue weighted by atomic mass is 10.2. The molecule has 1 amide bonds. The van der Waals surface area contributed by atoms with E-state index in [-0.39, 0.29) is 0 Å². The minimum absolute atomic E-state index is 0.422. The Morgan fingerprint density at radius 3 is 2.67 bits per heavy atom. The van der Waals surface area contributed by atoms with E-state index in [4.69, 9.17) is 16.3 Å². The second-order valence-corrected chi connectivity index (χ2v) is 6.04. The van der Waals surface area contributed by atoms with Crippen LogP contribution in [0.5, 0.6) is 0 Å². The molecule has 0 heterocycles. The van der Waals surface area contributed by atoms with Crippen LogP contribution in [0.1, 0.15) is 26.3 Å². The average Bonchev–Trinajstić information content (AvgIpc) is 2.18. The van der Waals surface area contributed by atoms with Crippen molar-refractivity contribution in [3.8, 4) is 0 Å². The van der Waals surface area contributed by atoms with Crippen molar-refractivity contribution in [2.45, 2.75) is 32.9 Å². The number of ether oxygens (including phenoxy) is 1. The summed E-state index contributed by atoms with van der Waals surface area (Å²) in [6, 6.07) is 5.55. The molecule has 0 unspecified atom stereocenters. The lowest BCUT2D eigenvalue weighted by Crippen LogP contribution is -2.40. The van der Waals surface area contributed by atoms with Crippen molar-refractivity contribution in [3.05, 3.63) is 33.3 Å². The van der Waals surface area contributed by atoms with Gasteiger partial charge in [0.15, 0.2) is 0 Å². The molecule has 0 saturated carbocycles. The maximum Gasteiger partial charge on any atom is 0.422 e. The van der Waals surface area contributed by atoms with Crippen molar-refractivity contribution in [3.63, 3.8) is 0 Å². The zero-order valence-electron chi connectivity index (χ0n) is 10.5. The fourth-order valence-electron chi connectivity index (χ4n) is 1.18. The fourth-order valence-corrected chi connectivity index (χ4v) is 1.92. The first-order chi connectivity index (χ1) is 8.28. The van der Waals surface area contributed by atoms with Crippen LogP contribution in [0, 0.1) is 0 Å². The number of hydrazine groups is 1. The van der Waals surface area contributed by atoms with Crippen molar-refractivity contribution in [1.29, 1.82) is 0 Å². The molecule has 0 spiro atoms. The number of benzene rings is 1. The summed E-state index contributed by atoms with van der Waals surface area (Å²) < 4.78 is 5.99. The normalized spacial score (nSPS) is 11.2. The Kier molecular flexibility index (Phi) is 5.44. The van der Waals surface area contributed by atoms with E-state index in [2.05, 4.69) is 26.8 Å². The van der Waals surface area contributed by atoms with Crippen molar-refractivity contribution in [1.82, 2.24) is 10.9 Å². The number of carbonyl (C=O) groups is 1. The van der Waals surface area contributed by atoms with Gasteiger partial charge in [-0.2, -0.15) is 0 Å². The van der Waals surface area contributed by atoms with Crippen LogP contribution in [0.4, 0.5) is 4.79 Å². The third-order valence-electron chi connectivity index (χ3n) is 1.88. The summed E-state index contributed by atoms with van der Waals surface area (Å²) in [4.78, 5) is 11.4. The summed E-state index contributed by atoms with van der Waals surface area (Å²) in [5.74, 6) is 0. The predicted molar refractivity (Wildman–Crippen MR) is 75.4 cm³/mol. The molecular formula is C12H16BrClN2O2. The van der Waals surface area contributed by atoms with Gasteiger partial charge in [-0.25, -0.2) is 10.2 Å². The van der Waals surface area contributed by atoms with E-state index in [9.17, 15) is 4.79 Å². The zero-order valence-corrected chi connectivity index (χ0v) is 12.9. The molecule has 6 heteroatoms. The van der Waals surface area contributed by atoms with Crippen LogP contribution in [0.25, 0.3) is 0 Å². The van der Waals surface area contributed by atoms with Gasteiger partial charge in [-0.3, -0.25) is 5.43 Å². The molecule has 1 rings (SSSR count). The minimum atomic E-state index is -0.518. The van der Waals surface area contributed by atoms with Crippen LogP contribution in [-0.2, 0) is 11.3 Å². The Hall–Kier alpha value is -0.780. The van der Waals surface area contributed by atoms with Gasteiger partial charge in [0.2, 0.25) is 0 Å². The molecule has 0 atom stereocenters. The summed E-state index contributed by atoms with van der Waals surface area (Å²) in [6.07, 6.45) is -0.518. The van der Waals surface area contributed by atoms with Crippen LogP contribution >= 0.6 is 27.5 Å². The Morgan fingerprint density at radius 2 is 2.11 bits per heavy atom. The number of hydrogen-bond acceptors (Lipinski definition) is 3. The van der Waals surface area contributed by atoms with Crippen molar-refractivity contribution >= 4 is 33.6 Å². The van der Waals surface area contributed by atoms with Gasteiger partial charge in [0, 0.05) is 16.0 Å². The summed E-state index contributed by atoms with van der Waals surface area (Å²) in [5.41, 5.74) is 5.58. The molecule has 0 aliphatic carbocycles. The number of rotatable bonds is 3. The van der Waals surface area contributed by atoms with Gasteiger partial charge in [0.1, 0.15) is 5.60 Å². The number of amides is 1. The first-order valence-electron chi connectivity index (χ1n) is 5.44. The summed E-state index contributed by atoms with van der Waals surface area (Å²) >= 11 is 9.36. The topological polar surface area (TPSA) is 50.4 Å². The van der Waals surface area contributed by atoms with Gasteiger partial charge < -0.3 is 4.74 Å². The maximum atomic E-state index is 11.4. The van der Waals surface area contributed by atoms with Gasteiger partial charge in [0.25, 0.3) is 0 Å². The first-order valence-corrected chi connectivity index (χ1v) is 6.61. The minimum Gasteiger partial charge on any atom is -0.443 e. The number of carbonyl (C=O) groups excluding carboxylic acids is 1. The average molecular weight is 336 g/mol. The number of hydrogen-bond donors (Lipinski definition) is 2. The van der Waals surface area contributed by atoms with Crippen LogP contribution in [0.15, 0.2) is 22.7 Å². The molecule has 100 valence electrons. The van der Waals surface area contributed by atoms with E-state index >= 15 is 0 Å². The second-order valence-electron chi connectivity index (χ2n) is 4.72. The highest BCUT2D eigenvalue weighted by molar-refractivity contribution is 9.10. The van der Waals surface area contributed by atoms with Gasteiger partial charge in [-0.1, -0.05) is 33.6 Å². The molecule has 1 aromatic carbocycles. The lowest BCUT2D eigenvalue weighted by Gasteiger charge is -2.19. The molecule has 0 radical (unpaired) electrons. The predicted octanol–water partition coefficient (Wildman–Crippen LogP) is 3.63. The van der Waals surface area contributed by atoms with E-state index in [1.165, 1.54) is 0 Å². The standard InChI is InChI=1S/C12H16BrClN2O2/c1-12(2,3)18-11(17)16-15-7-8-4-5-9(13)6-10(8)14/h4-6,15H,7H2,1-3H3,(H,16,17). The van der Waals surface area contributed by atoms with E-state index in [0.29, 0.717) is 11.6 Å². The van der Waals surface area contributed by atoms with Gasteiger partial charge in [0.05, 0.1) is 0 Å². The molecule has 2 N–H and O–H groups in total. The quantitative estimate of drug-likeness (QED) is 0.829. The van der Waals surface area contributed by atoms with E-state index in [0.717, 1.165) is 10.0 Å².